The largest absolute Gasteiger partial charge is 0.422 e. The van der Waals surface area contributed by atoms with E-state index in [-0.39, 0.29) is 11.4 Å². The Morgan fingerprint density at radius 1 is 0.906 bits per heavy atom. The molecule has 162 valence electrons. The third-order valence-corrected chi connectivity index (χ3v) is 4.51. The molecule has 0 aromatic heterocycles. The van der Waals surface area contributed by atoms with Crippen LogP contribution in [0.5, 0.6) is 5.75 Å². The first-order valence-electron chi connectivity index (χ1n) is 9.30. The minimum absolute atomic E-state index is 0.245. The number of rotatable bonds is 5. The molecule has 2 N–H and O–H groups in total. The average Bonchev–Trinajstić information content (AvgIpc) is 2.74. The van der Waals surface area contributed by atoms with E-state index in [4.69, 9.17) is 27.9 Å². The number of nitrogens with one attached hydrogen (secondary N) is 2. The van der Waals surface area contributed by atoms with Crippen LogP contribution >= 0.6 is 23.2 Å². The van der Waals surface area contributed by atoms with Gasteiger partial charge in [-0.25, -0.2) is 10.2 Å². The van der Waals surface area contributed by atoms with Gasteiger partial charge in [-0.05, 0) is 49.4 Å². The topological polar surface area (TPSA) is 96.9 Å². The molecular weight excluding hydrogens is 453 g/mol. The third-order valence-electron chi connectivity index (χ3n) is 4.07. The van der Waals surface area contributed by atoms with Gasteiger partial charge in [-0.15, -0.1) is 0 Å². The highest BCUT2D eigenvalue weighted by atomic mass is 35.5. The van der Waals surface area contributed by atoms with E-state index in [0.29, 0.717) is 21.2 Å². The normalized spacial score (nSPS) is 10.6. The van der Waals surface area contributed by atoms with E-state index in [0.717, 1.165) is 5.56 Å². The van der Waals surface area contributed by atoms with Gasteiger partial charge in [-0.2, -0.15) is 5.10 Å². The van der Waals surface area contributed by atoms with Crippen LogP contribution in [-0.2, 0) is 9.59 Å². The van der Waals surface area contributed by atoms with Crippen molar-refractivity contribution in [3.05, 3.63) is 93.5 Å². The molecule has 2 amide bonds. The lowest BCUT2D eigenvalue weighted by Gasteiger charge is -2.08. The monoisotopic (exact) mass is 469 g/mol. The summed E-state index contributed by atoms with van der Waals surface area (Å²) >= 11 is 11.7. The van der Waals surface area contributed by atoms with Crippen LogP contribution in [0.1, 0.15) is 21.5 Å². The Labute approximate surface area is 194 Å². The van der Waals surface area contributed by atoms with Crippen LogP contribution in [0.3, 0.4) is 0 Å². The molecule has 32 heavy (non-hydrogen) atoms. The van der Waals surface area contributed by atoms with Gasteiger partial charge in [0.05, 0.1) is 11.8 Å². The van der Waals surface area contributed by atoms with Gasteiger partial charge in [0, 0.05) is 21.3 Å². The SMILES string of the molecule is Cc1cccc(C(=O)Oc2ccccc2/C=N/NC(=O)C(=O)Nc2cc(Cl)cc(Cl)c2)c1. The van der Waals surface area contributed by atoms with Gasteiger partial charge >= 0.3 is 17.8 Å². The summed E-state index contributed by atoms with van der Waals surface area (Å²) in [6.45, 7) is 1.87. The predicted octanol–water partition coefficient (Wildman–Crippen LogP) is 4.61. The number of anilines is 1. The zero-order chi connectivity index (χ0) is 23.1. The van der Waals surface area contributed by atoms with Crippen molar-refractivity contribution in [3.8, 4) is 5.75 Å². The zero-order valence-electron chi connectivity index (χ0n) is 16.8. The van der Waals surface area contributed by atoms with Crippen molar-refractivity contribution in [1.82, 2.24) is 5.43 Å². The molecule has 0 spiro atoms. The fraction of sp³-hybridized carbons (Fsp3) is 0.0435. The summed E-state index contributed by atoms with van der Waals surface area (Å²) in [7, 11) is 0. The maximum Gasteiger partial charge on any atom is 0.343 e. The summed E-state index contributed by atoms with van der Waals surface area (Å²) in [4.78, 5) is 36.4. The van der Waals surface area contributed by atoms with E-state index >= 15 is 0 Å². The van der Waals surface area contributed by atoms with Crippen molar-refractivity contribution in [2.45, 2.75) is 6.92 Å². The molecule has 3 rings (SSSR count). The number of hydrogen-bond acceptors (Lipinski definition) is 5. The molecular formula is C23H17Cl2N3O4. The molecule has 0 fully saturated rings. The number of aryl methyl sites for hydroxylation is 1. The van der Waals surface area contributed by atoms with Crippen LogP contribution in [-0.4, -0.2) is 24.0 Å². The number of halogens is 2. The van der Waals surface area contributed by atoms with Gasteiger partial charge in [0.2, 0.25) is 0 Å². The minimum atomic E-state index is -1.01. The number of ether oxygens (including phenoxy) is 1. The second-order valence-electron chi connectivity index (χ2n) is 6.61. The molecule has 3 aromatic rings. The molecule has 0 aliphatic carbocycles. The summed E-state index contributed by atoms with van der Waals surface area (Å²) in [5, 5.41) is 6.75. The fourth-order valence-corrected chi connectivity index (χ4v) is 3.16. The molecule has 0 saturated carbocycles. The number of esters is 1. The van der Waals surface area contributed by atoms with Crippen LogP contribution in [0.2, 0.25) is 10.0 Å². The van der Waals surface area contributed by atoms with Crippen LogP contribution < -0.4 is 15.5 Å². The smallest absolute Gasteiger partial charge is 0.343 e. The number of para-hydroxylation sites is 1. The molecule has 0 bridgehead atoms. The standard InChI is InChI=1S/C23H17Cl2N3O4/c1-14-5-4-7-15(9-14)23(31)32-20-8-3-2-6-16(20)13-26-28-22(30)21(29)27-19-11-17(24)10-18(25)12-19/h2-13H,1H3,(H,27,29)(H,28,30)/b26-13+. The van der Waals surface area contributed by atoms with Gasteiger partial charge < -0.3 is 10.1 Å². The highest BCUT2D eigenvalue weighted by Crippen LogP contribution is 2.22. The molecule has 0 aliphatic rings. The van der Waals surface area contributed by atoms with Gasteiger partial charge in [-0.1, -0.05) is 53.0 Å². The third kappa shape index (κ3) is 6.41. The van der Waals surface area contributed by atoms with E-state index in [9.17, 15) is 14.4 Å². The highest BCUT2D eigenvalue weighted by molar-refractivity contribution is 6.40. The van der Waals surface area contributed by atoms with Crippen molar-refractivity contribution in [1.29, 1.82) is 0 Å². The molecule has 9 heteroatoms. The lowest BCUT2D eigenvalue weighted by molar-refractivity contribution is -0.136. The van der Waals surface area contributed by atoms with E-state index in [1.54, 1.807) is 42.5 Å². The summed E-state index contributed by atoms with van der Waals surface area (Å²) in [5.41, 5.74) is 4.13. The molecule has 0 heterocycles. The second kappa shape index (κ2) is 10.6. The Kier molecular flexibility index (Phi) is 7.59. The Morgan fingerprint density at radius 3 is 2.34 bits per heavy atom. The lowest BCUT2D eigenvalue weighted by Crippen LogP contribution is -2.32. The Hall–Kier alpha value is -3.68. The summed E-state index contributed by atoms with van der Waals surface area (Å²) in [6.07, 6.45) is 1.26. The number of carbonyl (C=O) groups is 3. The van der Waals surface area contributed by atoms with Crippen LogP contribution in [0.4, 0.5) is 5.69 Å². The molecule has 7 nitrogen and oxygen atoms in total. The zero-order valence-corrected chi connectivity index (χ0v) is 18.3. The Balaban J connectivity index is 1.63. The maximum atomic E-state index is 12.4. The van der Waals surface area contributed by atoms with Crippen molar-refractivity contribution >= 4 is 52.9 Å². The van der Waals surface area contributed by atoms with Gasteiger partial charge in [0.1, 0.15) is 5.75 Å². The minimum Gasteiger partial charge on any atom is -0.422 e. The van der Waals surface area contributed by atoms with E-state index in [2.05, 4.69) is 15.8 Å². The van der Waals surface area contributed by atoms with Crippen LogP contribution in [0.15, 0.2) is 71.8 Å². The van der Waals surface area contributed by atoms with Crippen LogP contribution in [0, 0.1) is 6.92 Å². The number of nitrogens with zero attached hydrogens (tertiary/aromatic N) is 1. The summed E-state index contributed by atoms with van der Waals surface area (Å²) in [6, 6.07) is 18.0. The quantitative estimate of drug-likeness (QED) is 0.187. The summed E-state index contributed by atoms with van der Waals surface area (Å²) in [5.74, 6) is -2.25. The van der Waals surface area contributed by atoms with E-state index in [1.165, 1.54) is 24.4 Å². The van der Waals surface area contributed by atoms with Crippen molar-refractivity contribution in [2.24, 2.45) is 5.10 Å². The van der Waals surface area contributed by atoms with Crippen LogP contribution in [0.25, 0.3) is 0 Å². The second-order valence-corrected chi connectivity index (χ2v) is 7.48. The number of hydrogen-bond donors (Lipinski definition) is 2. The van der Waals surface area contributed by atoms with Gasteiger partial charge in [0.25, 0.3) is 0 Å². The Bertz CT molecular complexity index is 1190. The summed E-state index contributed by atoms with van der Waals surface area (Å²) < 4.78 is 5.45. The molecule has 0 atom stereocenters. The molecule has 0 unspecified atom stereocenters. The number of benzene rings is 3. The van der Waals surface area contributed by atoms with Gasteiger partial charge in [-0.3, -0.25) is 9.59 Å². The number of carbonyl (C=O) groups excluding carboxylic acids is 3. The highest BCUT2D eigenvalue weighted by Gasteiger charge is 2.14. The maximum absolute atomic E-state index is 12.4. The molecule has 0 saturated heterocycles. The van der Waals surface area contributed by atoms with Gasteiger partial charge in [0.15, 0.2) is 0 Å². The van der Waals surface area contributed by atoms with Crippen molar-refractivity contribution in [2.75, 3.05) is 5.32 Å². The molecule has 0 aliphatic heterocycles. The lowest BCUT2D eigenvalue weighted by atomic mass is 10.1. The fourth-order valence-electron chi connectivity index (χ4n) is 2.64. The molecule has 3 aromatic carbocycles. The van der Waals surface area contributed by atoms with Crippen molar-refractivity contribution < 1.29 is 19.1 Å². The number of amides is 2. The van der Waals surface area contributed by atoms with Crippen molar-refractivity contribution in [3.63, 3.8) is 0 Å². The average molecular weight is 470 g/mol. The first kappa shape index (κ1) is 23.0. The predicted molar refractivity (Wildman–Crippen MR) is 123 cm³/mol. The van der Waals surface area contributed by atoms with E-state index in [1.807, 2.05) is 13.0 Å². The first-order chi connectivity index (χ1) is 15.3. The molecule has 0 radical (unpaired) electrons. The van der Waals surface area contributed by atoms with E-state index < -0.39 is 17.8 Å². The Morgan fingerprint density at radius 2 is 1.62 bits per heavy atom. The first-order valence-corrected chi connectivity index (χ1v) is 10.1. The number of hydrazone groups is 1.